The number of carbonyl (C=O) groups excluding carboxylic acids is 1. The van der Waals surface area contributed by atoms with Gasteiger partial charge < -0.3 is 16.0 Å². The monoisotopic (exact) mass is 222 g/mol. The number of hydrogen-bond donors (Lipinski definition) is 3. The van der Waals surface area contributed by atoms with Crippen LogP contribution >= 0.6 is 0 Å². The second kappa shape index (κ2) is 5.12. The minimum absolute atomic E-state index is 0.0170. The molecule has 0 bridgehead atoms. The standard InChI is InChI=1S/C11H18N4O/c12-11(16)9-3-1-2-4-10(9)14-6-8-5-13-7-15-8/h5,7,9-10,14H,1-4,6H2,(H2,12,16)(H,13,15). The fourth-order valence-corrected chi connectivity index (χ4v) is 2.34. The van der Waals surface area contributed by atoms with Gasteiger partial charge in [-0.2, -0.15) is 0 Å². The summed E-state index contributed by atoms with van der Waals surface area (Å²) in [6.07, 6.45) is 7.66. The Bertz CT molecular complexity index is 336. The number of aromatic nitrogens is 2. The van der Waals surface area contributed by atoms with E-state index in [1.807, 2.05) is 0 Å². The molecule has 1 fully saturated rings. The predicted molar refractivity (Wildman–Crippen MR) is 60.4 cm³/mol. The van der Waals surface area contributed by atoms with Crippen LogP contribution in [0.5, 0.6) is 0 Å². The number of aromatic amines is 1. The minimum Gasteiger partial charge on any atom is -0.369 e. The van der Waals surface area contributed by atoms with Crippen molar-refractivity contribution in [2.45, 2.75) is 38.3 Å². The summed E-state index contributed by atoms with van der Waals surface area (Å²) in [5, 5.41) is 3.38. The third-order valence-corrected chi connectivity index (χ3v) is 3.24. The highest BCUT2D eigenvalue weighted by atomic mass is 16.1. The van der Waals surface area contributed by atoms with Crippen LogP contribution in [0.1, 0.15) is 31.4 Å². The Morgan fingerprint density at radius 2 is 2.38 bits per heavy atom. The molecule has 1 heterocycles. The Morgan fingerprint density at radius 1 is 1.56 bits per heavy atom. The van der Waals surface area contributed by atoms with Crippen LogP contribution in [0.4, 0.5) is 0 Å². The lowest BCUT2D eigenvalue weighted by Gasteiger charge is -2.29. The number of rotatable bonds is 4. The van der Waals surface area contributed by atoms with Crippen molar-refractivity contribution < 1.29 is 4.79 Å². The quantitative estimate of drug-likeness (QED) is 0.695. The van der Waals surface area contributed by atoms with Crippen LogP contribution < -0.4 is 11.1 Å². The van der Waals surface area contributed by atoms with E-state index in [1.54, 1.807) is 12.5 Å². The highest BCUT2D eigenvalue weighted by Crippen LogP contribution is 2.24. The lowest BCUT2D eigenvalue weighted by Crippen LogP contribution is -2.44. The Kier molecular flexibility index (Phi) is 3.56. The van der Waals surface area contributed by atoms with Crippen molar-refractivity contribution in [2.24, 2.45) is 11.7 Å². The smallest absolute Gasteiger partial charge is 0.222 e. The minimum atomic E-state index is -0.179. The maximum Gasteiger partial charge on any atom is 0.222 e. The van der Waals surface area contributed by atoms with Crippen LogP contribution in [-0.2, 0) is 11.3 Å². The number of carbonyl (C=O) groups is 1. The summed E-state index contributed by atoms with van der Waals surface area (Å²) in [6.45, 7) is 0.717. The molecule has 4 N–H and O–H groups in total. The van der Waals surface area contributed by atoms with Gasteiger partial charge in [0, 0.05) is 24.5 Å². The van der Waals surface area contributed by atoms with Crippen LogP contribution in [-0.4, -0.2) is 21.9 Å². The van der Waals surface area contributed by atoms with Gasteiger partial charge >= 0.3 is 0 Å². The van der Waals surface area contributed by atoms with Gasteiger partial charge in [-0.1, -0.05) is 12.8 Å². The SMILES string of the molecule is NC(=O)C1CCCCC1NCc1cnc[nH]1. The first-order valence-corrected chi connectivity index (χ1v) is 5.77. The van der Waals surface area contributed by atoms with E-state index in [0.29, 0.717) is 6.54 Å². The van der Waals surface area contributed by atoms with Crippen molar-refractivity contribution in [3.63, 3.8) is 0 Å². The van der Waals surface area contributed by atoms with Crippen molar-refractivity contribution in [3.05, 3.63) is 18.2 Å². The van der Waals surface area contributed by atoms with Crippen LogP contribution in [0.25, 0.3) is 0 Å². The van der Waals surface area contributed by atoms with Gasteiger partial charge in [0.15, 0.2) is 0 Å². The zero-order valence-electron chi connectivity index (χ0n) is 9.28. The molecule has 2 unspecified atom stereocenters. The topological polar surface area (TPSA) is 83.8 Å². The average molecular weight is 222 g/mol. The number of nitrogens with two attached hydrogens (primary N) is 1. The predicted octanol–water partition coefficient (Wildman–Crippen LogP) is 0.543. The molecule has 0 aliphatic heterocycles. The first-order valence-electron chi connectivity index (χ1n) is 5.77. The normalized spacial score (nSPS) is 25.5. The van der Waals surface area contributed by atoms with Crippen LogP contribution in [0.2, 0.25) is 0 Å². The van der Waals surface area contributed by atoms with Crippen molar-refractivity contribution in [2.75, 3.05) is 0 Å². The zero-order chi connectivity index (χ0) is 11.4. The fourth-order valence-electron chi connectivity index (χ4n) is 2.34. The van der Waals surface area contributed by atoms with Gasteiger partial charge in [-0.15, -0.1) is 0 Å². The van der Waals surface area contributed by atoms with E-state index >= 15 is 0 Å². The molecule has 1 aromatic heterocycles. The maximum atomic E-state index is 11.3. The molecule has 2 atom stereocenters. The first kappa shape index (κ1) is 11.1. The van der Waals surface area contributed by atoms with E-state index in [4.69, 9.17) is 5.73 Å². The third-order valence-electron chi connectivity index (χ3n) is 3.24. The highest BCUT2D eigenvalue weighted by Gasteiger charge is 2.28. The van der Waals surface area contributed by atoms with Gasteiger partial charge in [0.25, 0.3) is 0 Å². The lowest BCUT2D eigenvalue weighted by atomic mass is 9.84. The number of imidazole rings is 1. The van der Waals surface area contributed by atoms with Crippen LogP contribution in [0.15, 0.2) is 12.5 Å². The molecule has 5 nitrogen and oxygen atoms in total. The molecule has 1 aliphatic rings. The summed E-state index contributed by atoms with van der Waals surface area (Å²) >= 11 is 0. The molecule has 2 rings (SSSR count). The van der Waals surface area contributed by atoms with Gasteiger partial charge in [0.1, 0.15) is 0 Å². The Hall–Kier alpha value is -1.36. The van der Waals surface area contributed by atoms with E-state index < -0.39 is 0 Å². The largest absolute Gasteiger partial charge is 0.369 e. The third kappa shape index (κ3) is 2.61. The number of H-pyrrole nitrogens is 1. The van der Waals surface area contributed by atoms with E-state index in [-0.39, 0.29) is 17.9 Å². The molecule has 88 valence electrons. The summed E-state index contributed by atoms with van der Waals surface area (Å²) in [6, 6.07) is 0.217. The van der Waals surface area contributed by atoms with E-state index in [9.17, 15) is 4.79 Å². The second-order valence-electron chi connectivity index (χ2n) is 4.36. The van der Waals surface area contributed by atoms with Gasteiger partial charge in [-0.25, -0.2) is 4.98 Å². The molecule has 0 saturated heterocycles. The molecule has 1 saturated carbocycles. The number of nitrogens with zero attached hydrogens (tertiary/aromatic N) is 1. The lowest BCUT2D eigenvalue weighted by molar-refractivity contribution is -0.123. The molecule has 1 amide bonds. The summed E-state index contributed by atoms with van der Waals surface area (Å²) in [5.41, 5.74) is 6.44. The molecule has 0 radical (unpaired) electrons. The van der Waals surface area contributed by atoms with Crippen LogP contribution in [0.3, 0.4) is 0 Å². The Morgan fingerprint density at radius 3 is 3.06 bits per heavy atom. The molecule has 0 aromatic carbocycles. The highest BCUT2D eigenvalue weighted by molar-refractivity contribution is 5.77. The summed E-state index contributed by atoms with van der Waals surface area (Å²) in [4.78, 5) is 18.3. The first-order chi connectivity index (χ1) is 7.77. The number of primary amides is 1. The van der Waals surface area contributed by atoms with E-state index in [0.717, 1.165) is 25.0 Å². The molecule has 1 aliphatic carbocycles. The Labute approximate surface area is 94.8 Å². The van der Waals surface area contributed by atoms with Crippen molar-refractivity contribution in [1.29, 1.82) is 0 Å². The number of hydrogen-bond acceptors (Lipinski definition) is 3. The zero-order valence-corrected chi connectivity index (χ0v) is 9.28. The molecule has 1 aromatic rings. The average Bonchev–Trinajstić information content (AvgIpc) is 2.79. The summed E-state index contributed by atoms with van der Waals surface area (Å²) in [7, 11) is 0. The Balaban J connectivity index is 1.89. The number of amides is 1. The molecule has 0 spiro atoms. The maximum absolute atomic E-state index is 11.3. The van der Waals surface area contributed by atoms with Crippen molar-refractivity contribution in [3.8, 4) is 0 Å². The van der Waals surface area contributed by atoms with E-state index in [1.165, 1.54) is 6.42 Å². The van der Waals surface area contributed by atoms with Gasteiger partial charge in [-0.3, -0.25) is 4.79 Å². The summed E-state index contributed by atoms with van der Waals surface area (Å²) < 4.78 is 0. The van der Waals surface area contributed by atoms with Gasteiger partial charge in [-0.05, 0) is 12.8 Å². The molecular weight excluding hydrogens is 204 g/mol. The summed E-state index contributed by atoms with van der Waals surface area (Å²) in [5.74, 6) is -0.196. The van der Waals surface area contributed by atoms with Gasteiger partial charge in [0.05, 0.1) is 12.2 Å². The fraction of sp³-hybridized carbons (Fsp3) is 0.636. The van der Waals surface area contributed by atoms with Gasteiger partial charge in [0.2, 0.25) is 5.91 Å². The number of nitrogens with one attached hydrogen (secondary N) is 2. The van der Waals surface area contributed by atoms with Crippen molar-refractivity contribution in [1.82, 2.24) is 15.3 Å². The van der Waals surface area contributed by atoms with Crippen LogP contribution in [0, 0.1) is 5.92 Å². The molecule has 5 heteroatoms. The van der Waals surface area contributed by atoms with Crippen molar-refractivity contribution >= 4 is 5.91 Å². The molecular formula is C11H18N4O. The molecule has 16 heavy (non-hydrogen) atoms. The second-order valence-corrected chi connectivity index (χ2v) is 4.36. The van der Waals surface area contributed by atoms with E-state index in [2.05, 4.69) is 15.3 Å².